The van der Waals surface area contributed by atoms with Crippen molar-refractivity contribution in [3.63, 3.8) is 0 Å². The Balaban J connectivity index is 1.65. The van der Waals surface area contributed by atoms with Gasteiger partial charge < -0.3 is 15.0 Å². The summed E-state index contributed by atoms with van der Waals surface area (Å²) < 4.78 is 18.6. The highest BCUT2D eigenvalue weighted by molar-refractivity contribution is 5.98. The Morgan fingerprint density at radius 3 is 3.00 bits per heavy atom. The molecule has 0 aromatic carbocycles. The van der Waals surface area contributed by atoms with Crippen molar-refractivity contribution in [1.29, 1.82) is 0 Å². The molecule has 1 aliphatic rings. The fourth-order valence-corrected chi connectivity index (χ4v) is 2.80. The van der Waals surface area contributed by atoms with Gasteiger partial charge in [-0.1, -0.05) is 0 Å². The fourth-order valence-electron chi connectivity index (χ4n) is 2.80. The van der Waals surface area contributed by atoms with Gasteiger partial charge >= 0.3 is 0 Å². The average Bonchev–Trinajstić information content (AvgIpc) is 3.21. The first-order valence-electron chi connectivity index (χ1n) is 8.18. The number of aromatic amines is 1. The van der Waals surface area contributed by atoms with Crippen LogP contribution in [-0.2, 0) is 4.79 Å². The van der Waals surface area contributed by atoms with Crippen molar-refractivity contribution in [2.75, 3.05) is 11.9 Å². The number of ether oxygens (including phenoxy) is 1. The number of carbonyl (C=O) groups excluding carboxylic acids is 1. The number of rotatable bonds is 5. The molecule has 1 fully saturated rings. The van der Waals surface area contributed by atoms with Gasteiger partial charge in [0.2, 0.25) is 11.8 Å². The van der Waals surface area contributed by atoms with Crippen LogP contribution < -0.4 is 10.1 Å². The zero-order valence-corrected chi connectivity index (χ0v) is 13.6. The highest BCUT2D eigenvalue weighted by Crippen LogP contribution is 2.36. The van der Waals surface area contributed by atoms with Gasteiger partial charge in [-0.15, -0.1) is 0 Å². The summed E-state index contributed by atoms with van der Waals surface area (Å²) in [6, 6.07) is 7.36. The van der Waals surface area contributed by atoms with Crippen LogP contribution in [0.4, 0.5) is 10.2 Å². The highest BCUT2D eigenvalue weighted by atomic mass is 19.1. The van der Waals surface area contributed by atoms with E-state index in [4.69, 9.17) is 4.74 Å². The Kier molecular flexibility index (Phi) is 3.83. The first-order chi connectivity index (χ1) is 12.2. The number of pyridine rings is 2. The summed E-state index contributed by atoms with van der Waals surface area (Å²) in [4.78, 5) is 23.6. The first kappa shape index (κ1) is 15.6. The van der Waals surface area contributed by atoms with E-state index in [0.717, 1.165) is 16.5 Å². The maximum Gasteiger partial charge on any atom is 0.231 e. The maximum absolute atomic E-state index is 13.0. The SMILES string of the molecule is CCOc1ncccc1-c1c[nH]c2nc(NC(=O)[C@@H]3C[C@@H]3F)ccc12. The van der Waals surface area contributed by atoms with Crippen molar-refractivity contribution < 1.29 is 13.9 Å². The van der Waals surface area contributed by atoms with Gasteiger partial charge in [0, 0.05) is 28.9 Å². The lowest BCUT2D eigenvalue weighted by molar-refractivity contribution is -0.117. The minimum absolute atomic E-state index is 0.294. The van der Waals surface area contributed by atoms with Crippen LogP contribution >= 0.6 is 0 Å². The van der Waals surface area contributed by atoms with Crippen molar-refractivity contribution in [3.8, 4) is 17.0 Å². The molecule has 4 rings (SSSR count). The lowest BCUT2D eigenvalue weighted by Crippen LogP contribution is -2.15. The van der Waals surface area contributed by atoms with Gasteiger partial charge in [0.25, 0.3) is 0 Å². The number of H-pyrrole nitrogens is 1. The van der Waals surface area contributed by atoms with E-state index in [1.54, 1.807) is 12.3 Å². The normalized spacial score (nSPS) is 19.0. The molecule has 1 amide bonds. The van der Waals surface area contributed by atoms with E-state index in [9.17, 15) is 9.18 Å². The Morgan fingerprint density at radius 1 is 1.40 bits per heavy atom. The Labute approximate surface area is 143 Å². The number of carbonyl (C=O) groups is 1. The van der Waals surface area contributed by atoms with Gasteiger partial charge in [-0.3, -0.25) is 4.79 Å². The topological polar surface area (TPSA) is 79.9 Å². The Morgan fingerprint density at radius 2 is 2.24 bits per heavy atom. The van der Waals surface area contributed by atoms with Crippen LogP contribution in [0.1, 0.15) is 13.3 Å². The molecule has 1 aliphatic carbocycles. The molecule has 3 heterocycles. The predicted molar refractivity (Wildman–Crippen MR) is 92.1 cm³/mol. The Bertz CT molecular complexity index is 940. The van der Waals surface area contributed by atoms with Gasteiger partial charge in [-0.2, -0.15) is 0 Å². The van der Waals surface area contributed by atoms with E-state index in [1.165, 1.54) is 0 Å². The van der Waals surface area contributed by atoms with E-state index >= 15 is 0 Å². The van der Waals surface area contributed by atoms with Gasteiger partial charge in [-0.25, -0.2) is 14.4 Å². The van der Waals surface area contributed by atoms with E-state index < -0.39 is 12.1 Å². The smallest absolute Gasteiger partial charge is 0.231 e. The number of aromatic nitrogens is 3. The van der Waals surface area contributed by atoms with Crippen molar-refractivity contribution in [3.05, 3.63) is 36.7 Å². The van der Waals surface area contributed by atoms with Crippen LogP contribution in [0.2, 0.25) is 0 Å². The van der Waals surface area contributed by atoms with E-state index in [0.29, 0.717) is 30.4 Å². The monoisotopic (exact) mass is 340 g/mol. The molecule has 3 aromatic heterocycles. The summed E-state index contributed by atoms with van der Waals surface area (Å²) >= 11 is 0. The number of nitrogens with zero attached hydrogens (tertiary/aromatic N) is 2. The second-order valence-corrected chi connectivity index (χ2v) is 5.93. The second kappa shape index (κ2) is 6.16. The van der Waals surface area contributed by atoms with Crippen LogP contribution in [-0.4, -0.2) is 33.6 Å². The molecule has 2 atom stereocenters. The van der Waals surface area contributed by atoms with Crippen molar-refractivity contribution >= 4 is 22.8 Å². The number of hydrogen-bond acceptors (Lipinski definition) is 4. The van der Waals surface area contributed by atoms with Crippen molar-refractivity contribution in [2.45, 2.75) is 19.5 Å². The van der Waals surface area contributed by atoms with Gasteiger partial charge in [0.05, 0.1) is 12.5 Å². The molecule has 128 valence electrons. The second-order valence-electron chi connectivity index (χ2n) is 5.93. The van der Waals surface area contributed by atoms with Crippen molar-refractivity contribution in [1.82, 2.24) is 15.0 Å². The van der Waals surface area contributed by atoms with Crippen molar-refractivity contribution in [2.24, 2.45) is 5.92 Å². The summed E-state index contributed by atoms with van der Waals surface area (Å²) in [6.07, 6.45) is 2.79. The van der Waals surface area contributed by atoms with E-state index in [1.807, 2.05) is 31.3 Å². The molecule has 0 saturated heterocycles. The fraction of sp³-hybridized carbons (Fsp3) is 0.278. The number of hydrogen-bond donors (Lipinski definition) is 2. The zero-order chi connectivity index (χ0) is 17.4. The van der Waals surface area contributed by atoms with Crippen LogP contribution in [0.5, 0.6) is 5.88 Å². The van der Waals surface area contributed by atoms with E-state index in [-0.39, 0.29) is 5.91 Å². The third-order valence-corrected chi connectivity index (χ3v) is 4.18. The molecule has 6 nitrogen and oxygen atoms in total. The number of anilines is 1. The highest BCUT2D eigenvalue weighted by Gasteiger charge is 2.43. The predicted octanol–water partition coefficient (Wildman–Crippen LogP) is 3.32. The number of amides is 1. The average molecular weight is 340 g/mol. The number of nitrogens with one attached hydrogen (secondary N) is 2. The number of halogens is 1. The zero-order valence-electron chi connectivity index (χ0n) is 13.6. The van der Waals surface area contributed by atoms with E-state index in [2.05, 4.69) is 20.3 Å². The molecule has 7 heteroatoms. The largest absolute Gasteiger partial charge is 0.478 e. The summed E-state index contributed by atoms with van der Waals surface area (Å²) in [5, 5.41) is 3.55. The molecule has 1 saturated carbocycles. The number of fused-ring (bicyclic) bond motifs is 1. The lowest BCUT2D eigenvalue weighted by Gasteiger charge is -2.08. The molecule has 3 aromatic rings. The molecule has 2 N–H and O–H groups in total. The molecule has 0 spiro atoms. The number of alkyl halides is 1. The van der Waals surface area contributed by atoms with Crippen LogP contribution in [0.15, 0.2) is 36.7 Å². The first-order valence-corrected chi connectivity index (χ1v) is 8.18. The van der Waals surface area contributed by atoms with Crippen LogP contribution in [0.3, 0.4) is 0 Å². The molecule has 0 unspecified atom stereocenters. The molecular formula is C18H17FN4O2. The molecular weight excluding hydrogens is 323 g/mol. The summed E-state index contributed by atoms with van der Waals surface area (Å²) in [7, 11) is 0. The minimum Gasteiger partial charge on any atom is -0.478 e. The quantitative estimate of drug-likeness (QED) is 0.747. The summed E-state index contributed by atoms with van der Waals surface area (Å²) in [5.74, 6) is 0.102. The summed E-state index contributed by atoms with van der Waals surface area (Å²) in [6.45, 7) is 2.43. The molecule has 0 bridgehead atoms. The third kappa shape index (κ3) is 2.93. The Hall–Kier alpha value is -2.96. The lowest BCUT2D eigenvalue weighted by atomic mass is 10.1. The minimum atomic E-state index is -1.02. The third-order valence-electron chi connectivity index (χ3n) is 4.18. The molecule has 25 heavy (non-hydrogen) atoms. The summed E-state index contributed by atoms with van der Waals surface area (Å²) in [5.41, 5.74) is 2.42. The van der Waals surface area contributed by atoms with Gasteiger partial charge in [-0.05, 0) is 37.6 Å². The van der Waals surface area contributed by atoms with Gasteiger partial charge in [0.1, 0.15) is 17.6 Å². The van der Waals surface area contributed by atoms with Crippen LogP contribution in [0, 0.1) is 5.92 Å². The standard InChI is InChI=1S/C18H17FN4O2/c1-2-25-18-11(4-3-7-20-18)13-9-21-16-10(13)5-6-15(22-16)23-17(24)12-8-14(12)19/h3-7,9,12,14H,2,8H2,1H3,(H2,21,22,23,24)/t12-,14+/m1/s1. The molecule has 0 aliphatic heterocycles. The van der Waals surface area contributed by atoms with Gasteiger partial charge in [0.15, 0.2) is 0 Å². The molecule has 0 radical (unpaired) electrons. The maximum atomic E-state index is 13.0. The van der Waals surface area contributed by atoms with Crippen LogP contribution in [0.25, 0.3) is 22.2 Å².